The van der Waals surface area contributed by atoms with Gasteiger partial charge in [0.2, 0.25) is 5.91 Å². The molecule has 0 saturated carbocycles. The van der Waals surface area contributed by atoms with Crippen molar-refractivity contribution in [2.45, 2.75) is 51.6 Å². The molecule has 1 heterocycles. The Hall–Kier alpha value is -1.35. The van der Waals surface area contributed by atoms with Crippen LogP contribution in [0.5, 0.6) is 0 Å². The van der Waals surface area contributed by atoms with Crippen LogP contribution in [-0.4, -0.2) is 24.5 Å². The van der Waals surface area contributed by atoms with Gasteiger partial charge in [-0.05, 0) is 44.2 Å². The molecule has 3 nitrogen and oxygen atoms in total. The number of hydrogen-bond donors (Lipinski definition) is 2. The Kier molecular flexibility index (Phi) is 4.97. The predicted molar refractivity (Wildman–Crippen MR) is 78.1 cm³/mol. The first-order valence-corrected chi connectivity index (χ1v) is 7.22. The van der Waals surface area contributed by atoms with E-state index in [2.05, 4.69) is 36.6 Å². The zero-order valence-corrected chi connectivity index (χ0v) is 11.9. The third-order valence-corrected chi connectivity index (χ3v) is 3.91. The van der Waals surface area contributed by atoms with Gasteiger partial charge in [-0.25, -0.2) is 0 Å². The number of nitrogens with one attached hydrogen (secondary N) is 2. The minimum Gasteiger partial charge on any atom is -0.352 e. The van der Waals surface area contributed by atoms with Gasteiger partial charge >= 0.3 is 0 Å². The molecule has 1 aliphatic rings. The van der Waals surface area contributed by atoms with Crippen molar-refractivity contribution in [2.24, 2.45) is 0 Å². The molecule has 1 aromatic rings. The van der Waals surface area contributed by atoms with E-state index in [-0.39, 0.29) is 5.91 Å². The Morgan fingerprint density at radius 3 is 2.84 bits per heavy atom. The van der Waals surface area contributed by atoms with Gasteiger partial charge in [0, 0.05) is 25.0 Å². The summed E-state index contributed by atoms with van der Waals surface area (Å²) in [7, 11) is 0. The molecular weight excluding hydrogens is 236 g/mol. The van der Waals surface area contributed by atoms with Gasteiger partial charge in [0.15, 0.2) is 0 Å². The van der Waals surface area contributed by atoms with E-state index in [1.807, 2.05) is 12.1 Å². The average molecular weight is 260 g/mol. The van der Waals surface area contributed by atoms with Gasteiger partial charge in [-0.3, -0.25) is 4.79 Å². The van der Waals surface area contributed by atoms with Crippen LogP contribution >= 0.6 is 0 Å². The summed E-state index contributed by atoms with van der Waals surface area (Å²) >= 11 is 0. The second kappa shape index (κ2) is 6.71. The van der Waals surface area contributed by atoms with Gasteiger partial charge in [0.1, 0.15) is 0 Å². The fourth-order valence-corrected chi connectivity index (χ4v) is 2.56. The fraction of sp³-hybridized carbons (Fsp3) is 0.562. The van der Waals surface area contributed by atoms with Crippen LogP contribution in [0.1, 0.15) is 37.3 Å². The number of rotatable bonds is 4. The lowest BCUT2D eigenvalue weighted by atomic mass is 10.0. The van der Waals surface area contributed by atoms with E-state index < -0.39 is 0 Å². The number of aryl methyl sites for hydroxylation is 2. The molecule has 2 atom stereocenters. The molecule has 1 aromatic carbocycles. The molecule has 1 fully saturated rings. The summed E-state index contributed by atoms with van der Waals surface area (Å²) in [5, 5.41) is 6.53. The van der Waals surface area contributed by atoms with Gasteiger partial charge in [-0.2, -0.15) is 0 Å². The van der Waals surface area contributed by atoms with E-state index >= 15 is 0 Å². The van der Waals surface area contributed by atoms with Crippen molar-refractivity contribution in [1.82, 2.24) is 10.6 Å². The van der Waals surface area contributed by atoms with Crippen molar-refractivity contribution in [2.75, 3.05) is 6.54 Å². The summed E-state index contributed by atoms with van der Waals surface area (Å²) in [6, 6.07) is 9.16. The van der Waals surface area contributed by atoms with E-state index in [9.17, 15) is 4.79 Å². The fourth-order valence-electron chi connectivity index (χ4n) is 2.56. The topological polar surface area (TPSA) is 41.1 Å². The van der Waals surface area contributed by atoms with Gasteiger partial charge in [-0.15, -0.1) is 0 Å². The minimum atomic E-state index is 0.171. The molecule has 1 saturated heterocycles. The van der Waals surface area contributed by atoms with Gasteiger partial charge in [0.05, 0.1) is 0 Å². The molecule has 1 amide bonds. The summed E-state index contributed by atoms with van der Waals surface area (Å²) in [6.45, 7) is 5.19. The van der Waals surface area contributed by atoms with Gasteiger partial charge < -0.3 is 10.6 Å². The highest BCUT2D eigenvalue weighted by atomic mass is 16.1. The number of amides is 1. The Morgan fingerprint density at radius 2 is 2.16 bits per heavy atom. The van der Waals surface area contributed by atoms with Crippen molar-refractivity contribution in [3.63, 3.8) is 0 Å². The summed E-state index contributed by atoms with van der Waals surface area (Å²) < 4.78 is 0. The first-order chi connectivity index (χ1) is 9.15. The first kappa shape index (κ1) is 14.1. The third-order valence-electron chi connectivity index (χ3n) is 3.91. The van der Waals surface area contributed by atoms with Crippen LogP contribution in [0.15, 0.2) is 24.3 Å². The quantitative estimate of drug-likeness (QED) is 0.871. The van der Waals surface area contributed by atoms with Crippen molar-refractivity contribution in [3.05, 3.63) is 35.4 Å². The number of hydrogen-bond acceptors (Lipinski definition) is 2. The molecule has 3 heteroatoms. The molecule has 104 valence electrons. The highest BCUT2D eigenvalue weighted by molar-refractivity contribution is 5.76. The molecule has 19 heavy (non-hydrogen) atoms. The summed E-state index contributed by atoms with van der Waals surface area (Å²) in [5.41, 5.74) is 2.54. The zero-order chi connectivity index (χ0) is 13.7. The molecule has 0 aromatic heterocycles. The van der Waals surface area contributed by atoms with Crippen molar-refractivity contribution in [3.8, 4) is 0 Å². The van der Waals surface area contributed by atoms with Crippen LogP contribution in [0.2, 0.25) is 0 Å². The smallest absolute Gasteiger partial charge is 0.220 e. The minimum absolute atomic E-state index is 0.171. The number of benzene rings is 1. The maximum Gasteiger partial charge on any atom is 0.220 e. The van der Waals surface area contributed by atoms with Crippen molar-refractivity contribution in [1.29, 1.82) is 0 Å². The Bertz CT molecular complexity index is 423. The van der Waals surface area contributed by atoms with Gasteiger partial charge in [-0.1, -0.05) is 24.3 Å². The highest BCUT2D eigenvalue weighted by Gasteiger charge is 2.18. The largest absolute Gasteiger partial charge is 0.352 e. The van der Waals surface area contributed by atoms with Crippen LogP contribution < -0.4 is 10.6 Å². The van der Waals surface area contributed by atoms with E-state index in [0.29, 0.717) is 18.5 Å². The molecule has 0 bridgehead atoms. The predicted octanol–water partition coefficient (Wildman–Crippen LogP) is 2.18. The monoisotopic (exact) mass is 260 g/mol. The summed E-state index contributed by atoms with van der Waals surface area (Å²) in [6.07, 6.45) is 3.64. The standard InChI is InChI=1S/C16H24N2O/c1-12-5-3-4-6-14(12)8-10-16(19)18-15-9-7-13(2)17-11-15/h3-6,13,15,17H,7-11H2,1-2H3,(H,18,19). The average Bonchev–Trinajstić information content (AvgIpc) is 2.40. The molecule has 0 spiro atoms. The molecule has 2 rings (SSSR count). The van der Waals surface area contributed by atoms with E-state index in [1.54, 1.807) is 0 Å². The molecule has 0 aliphatic carbocycles. The third kappa shape index (κ3) is 4.35. The highest BCUT2D eigenvalue weighted by Crippen LogP contribution is 2.11. The lowest BCUT2D eigenvalue weighted by molar-refractivity contribution is -0.121. The van der Waals surface area contributed by atoms with Crippen LogP contribution in [0.3, 0.4) is 0 Å². The molecule has 2 N–H and O–H groups in total. The molecule has 2 unspecified atom stereocenters. The van der Waals surface area contributed by atoms with Crippen LogP contribution in [0, 0.1) is 6.92 Å². The molecule has 1 aliphatic heterocycles. The van der Waals surface area contributed by atoms with Crippen molar-refractivity contribution >= 4 is 5.91 Å². The van der Waals surface area contributed by atoms with Crippen molar-refractivity contribution < 1.29 is 4.79 Å². The number of piperidine rings is 1. The second-order valence-corrected chi connectivity index (χ2v) is 5.58. The summed E-state index contributed by atoms with van der Waals surface area (Å²) in [5.74, 6) is 0.171. The Morgan fingerprint density at radius 1 is 1.37 bits per heavy atom. The summed E-state index contributed by atoms with van der Waals surface area (Å²) in [4.78, 5) is 11.9. The molecule has 0 radical (unpaired) electrons. The van der Waals surface area contributed by atoms with Crippen LogP contribution in [0.4, 0.5) is 0 Å². The SMILES string of the molecule is Cc1ccccc1CCC(=O)NC1CCC(C)NC1. The molecular formula is C16H24N2O. The van der Waals surface area contributed by atoms with Crippen LogP contribution in [0.25, 0.3) is 0 Å². The van der Waals surface area contributed by atoms with E-state index in [4.69, 9.17) is 0 Å². The second-order valence-electron chi connectivity index (χ2n) is 5.58. The van der Waals surface area contributed by atoms with E-state index in [1.165, 1.54) is 11.1 Å². The maximum atomic E-state index is 11.9. The normalized spacial score (nSPS) is 23.1. The van der Waals surface area contributed by atoms with Crippen LogP contribution in [-0.2, 0) is 11.2 Å². The lowest BCUT2D eigenvalue weighted by Crippen LogP contribution is -2.48. The Balaban J connectivity index is 1.74. The van der Waals surface area contributed by atoms with Gasteiger partial charge in [0.25, 0.3) is 0 Å². The Labute approximate surface area is 115 Å². The maximum absolute atomic E-state index is 11.9. The number of carbonyl (C=O) groups is 1. The number of carbonyl (C=O) groups excluding carboxylic acids is 1. The first-order valence-electron chi connectivity index (χ1n) is 7.22. The lowest BCUT2D eigenvalue weighted by Gasteiger charge is -2.28. The zero-order valence-electron chi connectivity index (χ0n) is 11.9. The van der Waals surface area contributed by atoms with E-state index in [0.717, 1.165) is 25.8 Å².